The Labute approximate surface area is 112 Å². The lowest BCUT2D eigenvalue weighted by Gasteiger charge is -2.57. The molecule has 0 unspecified atom stereocenters. The number of amides is 1. The molecule has 3 atom stereocenters. The van der Waals surface area contributed by atoms with Gasteiger partial charge in [0.25, 0.3) is 0 Å². The molecule has 1 amide bonds. The molecule has 1 saturated heterocycles. The first kappa shape index (κ1) is 12.4. The molecule has 2 aliphatic heterocycles. The summed E-state index contributed by atoms with van der Waals surface area (Å²) in [5, 5.41) is 12.9. The second kappa shape index (κ2) is 4.83. The van der Waals surface area contributed by atoms with Crippen LogP contribution in [0.4, 0.5) is 5.69 Å². The number of fused-ring (bicyclic) bond motifs is 3. The smallest absolute Gasteiger partial charge is 0.249 e. The first-order valence-corrected chi connectivity index (χ1v) is 6.51. The number of rotatable bonds is 3. The van der Waals surface area contributed by atoms with Crippen molar-refractivity contribution in [1.82, 2.24) is 4.90 Å². The maximum atomic E-state index is 12.0. The van der Waals surface area contributed by atoms with E-state index in [1.807, 2.05) is 18.2 Å². The van der Waals surface area contributed by atoms with Crippen molar-refractivity contribution in [2.45, 2.75) is 18.0 Å². The standard InChI is InChI=1S/C14H18N2O3/c1-19-8-13(18)16-11-6-15-10-5-3-2-4-9(10)14(11)12(16)7-17/h2-5,11-12,14-15,17H,6-8H2,1H3/t11-,12-,14+/m0/s1. The summed E-state index contributed by atoms with van der Waals surface area (Å²) in [5.41, 5.74) is 2.31. The van der Waals surface area contributed by atoms with Gasteiger partial charge in [0.05, 0.1) is 18.7 Å². The van der Waals surface area contributed by atoms with Crippen LogP contribution < -0.4 is 5.32 Å². The van der Waals surface area contributed by atoms with Gasteiger partial charge in [-0.3, -0.25) is 4.79 Å². The Morgan fingerprint density at radius 3 is 3.05 bits per heavy atom. The number of nitrogens with zero attached hydrogens (tertiary/aromatic N) is 1. The fourth-order valence-corrected chi connectivity index (χ4v) is 3.32. The molecule has 0 saturated carbocycles. The number of hydrogen-bond donors (Lipinski definition) is 2. The zero-order chi connectivity index (χ0) is 13.4. The Morgan fingerprint density at radius 1 is 1.53 bits per heavy atom. The topological polar surface area (TPSA) is 61.8 Å². The number of hydrogen-bond acceptors (Lipinski definition) is 4. The summed E-state index contributed by atoms with van der Waals surface area (Å²) in [6, 6.07) is 8.09. The fraction of sp³-hybridized carbons (Fsp3) is 0.500. The minimum Gasteiger partial charge on any atom is -0.394 e. The van der Waals surface area contributed by atoms with Gasteiger partial charge >= 0.3 is 0 Å². The lowest BCUT2D eigenvalue weighted by atomic mass is 9.72. The van der Waals surface area contributed by atoms with Crippen LogP contribution in [-0.4, -0.2) is 54.9 Å². The molecule has 5 nitrogen and oxygen atoms in total. The number of aliphatic hydroxyl groups is 1. The van der Waals surface area contributed by atoms with E-state index < -0.39 is 0 Å². The molecule has 0 aliphatic carbocycles. The first-order chi connectivity index (χ1) is 9.27. The van der Waals surface area contributed by atoms with Crippen molar-refractivity contribution in [1.29, 1.82) is 0 Å². The lowest BCUT2D eigenvalue weighted by molar-refractivity contribution is -0.154. The fourth-order valence-electron chi connectivity index (χ4n) is 3.32. The highest BCUT2D eigenvalue weighted by Gasteiger charge is 2.52. The van der Waals surface area contributed by atoms with Gasteiger partial charge in [-0.25, -0.2) is 0 Å². The number of carbonyl (C=O) groups is 1. The van der Waals surface area contributed by atoms with E-state index in [9.17, 15) is 9.90 Å². The minimum absolute atomic E-state index is 0.00897. The molecular weight excluding hydrogens is 244 g/mol. The van der Waals surface area contributed by atoms with Crippen molar-refractivity contribution >= 4 is 11.6 Å². The highest BCUT2D eigenvalue weighted by atomic mass is 16.5. The quantitative estimate of drug-likeness (QED) is 0.828. The van der Waals surface area contributed by atoms with Gasteiger partial charge in [-0.2, -0.15) is 0 Å². The summed E-state index contributed by atoms with van der Waals surface area (Å²) in [6.07, 6.45) is 0. The van der Waals surface area contributed by atoms with E-state index in [4.69, 9.17) is 4.74 Å². The molecule has 0 spiro atoms. The molecule has 2 aliphatic rings. The maximum absolute atomic E-state index is 12.0. The van der Waals surface area contributed by atoms with Gasteiger partial charge in [0.2, 0.25) is 5.91 Å². The molecule has 2 heterocycles. The Balaban J connectivity index is 1.87. The molecule has 102 valence electrons. The van der Waals surface area contributed by atoms with Crippen LogP contribution in [0, 0.1) is 0 Å². The molecule has 0 bridgehead atoms. The van der Waals surface area contributed by atoms with Crippen molar-refractivity contribution in [2.24, 2.45) is 0 Å². The molecule has 0 aromatic heterocycles. The number of nitrogens with one attached hydrogen (secondary N) is 1. The average molecular weight is 262 g/mol. The molecular formula is C14H18N2O3. The van der Waals surface area contributed by atoms with Gasteiger partial charge in [-0.1, -0.05) is 18.2 Å². The normalized spacial score (nSPS) is 27.9. The largest absolute Gasteiger partial charge is 0.394 e. The summed E-state index contributed by atoms with van der Waals surface area (Å²) in [6.45, 7) is 0.792. The van der Waals surface area contributed by atoms with Crippen LogP contribution in [0.2, 0.25) is 0 Å². The highest BCUT2D eigenvalue weighted by Crippen LogP contribution is 2.45. The zero-order valence-electron chi connectivity index (χ0n) is 10.9. The van der Waals surface area contributed by atoms with E-state index in [0.29, 0.717) is 0 Å². The number of ether oxygens (including phenoxy) is 1. The summed E-state index contributed by atoms with van der Waals surface area (Å²) in [5.74, 6) is 0.173. The van der Waals surface area contributed by atoms with Crippen molar-refractivity contribution < 1.29 is 14.6 Å². The number of carbonyl (C=O) groups excluding carboxylic acids is 1. The summed E-state index contributed by atoms with van der Waals surface area (Å²) < 4.78 is 4.91. The third-order valence-electron chi connectivity index (χ3n) is 4.11. The molecule has 5 heteroatoms. The molecule has 2 N–H and O–H groups in total. The second-order valence-electron chi connectivity index (χ2n) is 5.05. The lowest BCUT2D eigenvalue weighted by Crippen LogP contribution is -2.69. The number of aliphatic hydroxyl groups excluding tert-OH is 1. The van der Waals surface area contributed by atoms with Crippen molar-refractivity contribution in [3.05, 3.63) is 29.8 Å². The summed E-state index contributed by atoms with van der Waals surface area (Å²) >= 11 is 0. The molecule has 19 heavy (non-hydrogen) atoms. The number of anilines is 1. The van der Waals surface area contributed by atoms with Crippen LogP contribution in [-0.2, 0) is 9.53 Å². The highest BCUT2D eigenvalue weighted by molar-refractivity contribution is 5.80. The van der Waals surface area contributed by atoms with Crippen molar-refractivity contribution in [3.63, 3.8) is 0 Å². The first-order valence-electron chi connectivity index (χ1n) is 6.51. The Hall–Kier alpha value is -1.59. The Bertz CT molecular complexity index is 491. The predicted octanol–water partition coefficient (Wildman–Crippen LogP) is 0.414. The third kappa shape index (κ3) is 1.81. The molecule has 3 rings (SSSR count). The van der Waals surface area contributed by atoms with E-state index in [0.717, 1.165) is 12.2 Å². The van der Waals surface area contributed by atoms with E-state index in [2.05, 4.69) is 11.4 Å². The number of benzene rings is 1. The third-order valence-corrected chi connectivity index (χ3v) is 4.11. The molecule has 1 fully saturated rings. The maximum Gasteiger partial charge on any atom is 0.249 e. The van der Waals surface area contributed by atoms with Crippen LogP contribution in [0.15, 0.2) is 24.3 Å². The van der Waals surface area contributed by atoms with E-state index >= 15 is 0 Å². The van der Waals surface area contributed by atoms with Crippen LogP contribution in [0.1, 0.15) is 11.5 Å². The minimum atomic E-state index is -0.129. The number of likely N-dealkylation sites (tertiary alicyclic amines) is 1. The van der Waals surface area contributed by atoms with Crippen LogP contribution >= 0.6 is 0 Å². The van der Waals surface area contributed by atoms with Gasteiger partial charge in [0.1, 0.15) is 6.61 Å². The van der Waals surface area contributed by atoms with Crippen LogP contribution in [0.3, 0.4) is 0 Å². The van der Waals surface area contributed by atoms with Gasteiger partial charge in [-0.15, -0.1) is 0 Å². The van der Waals surface area contributed by atoms with Gasteiger partial charge in [0.15, 0.2) is 0 Å². The van der Waals surface area contributed by atoms with Gasteiger partial charge in [0, 0.05) is 25.3 Å². The number of para-hydroxylation sites is 1. The van der Waals surface area contributed by atoms with Gasteiger partial charge in [-0.05, 0) is 11.6 Å². The van der Waals surface area contributed by atoms with Gasteiger partial charge < -0.3 is 20.1 Å². The van der Waals surface area contributed by atoms with E-state index in [1.165, 1.54) is 12.7 Å². The summed E-state index contributed by atoms with van der Waals surface area (Å²) in [4.78, 5) is 13.8. The summed E-state index contributed by atoms with van der Waals surface area (Å²) in [7, 11) is 1.51. The van der Waals surface area contributed by atoms with Crippen molar-refractivity contribution in [3.8, 4) is 0 Å². The second-order valence-corrected chi connectivity index (χ2v) is 5.05. The Morgan fingerprint density at radius 2 is 2.32 bits per heavy atom. The SMILES string of the molecule is COCC(=O)N1[C@@H](CO)[C@@H]2c3ccccc3NC[C@@H]21. The van der Waals surface area contributed by atoms with E-state index in [1.54, 1.807) is 4.90 Å². The monoisotopic (exact) mass is 262 g/mol. The number of methoxy groups -OCH3 is 1. The van der Waals surface area contributed by atoms with Crippen LogP contribution in [0.25, 0.3) is 0 Å². The Kier molecular flexibility index (Phi) is 3.16. The molecule has 1 aromatic rings. The molecule has 1 aromatic carbocycles. The van der Waals surface area contributed by atoms with E-state index in [-0.39, 0.29) is 37.1 Å². The average Bonchev–Trinajstić information content (AvgIpc) is 2.39. The van der Waals surface area contributed by atoms with Crippen LogP contribution in [0.5, 0.6) is 0 Å². The van der Waals surface area contributed by atoms with Crippen molar-refractivity contribution in [2.75, 3.05) is 32.2 Å². The predicted molar refractivity (Wildman–Crippen MR) is 71.1 cm³/mol. The molecule has 0 radical (unpaired) electrons. The zero-order valence-corrected chi connectivity index (χ0v) is 10.9.